The number of aromatic nitrogens is 2. The minimum atomic E-state index is 0.126. The summed E-state index contributed by atoms with van der Waals surface area (Å²) in [5.74, 6) is 0.712. The van der Waals surface area contributed by atoms with Crippen LogP contribution in [0.2, 0.25) is 0 Å². The second-order valence-electron chi connectivity index (χ2n) is 5.67. The van der Waals surface area contributed by atoms with Gasteiger partial charge in [-0.1, -0.05) is 30.3 Å². The number of hydrogen-bond acceptors (Lipinski definition) is 4. The number of hydrogen-bond donors (Lipinski definition) is 1. The summed E-state index contributed by atoms with van der Waals surface area (Å²) in [4.78, 5) is 0. The SMILES string of the molecule is Cc1nn(-c2ccccc2)c(COc2ccc(CCO)cc2)c1C#N. The molecule has 0 aliphatic rings. The van der Waals surface area contributed by atoms with E-state index in [0.717, 1.165) is 16.9 Å². The third kappa shape index (κ3) is 3.70. The first-order chi connectivity index (χ1) is 12.2. The van der Waals surface area contributed by atoms with Crippen molar-refractivity contribution >= 4 is 0 Å². The van der Waals surface area contributed by atoms with Gasteiger partial charge in [-0.05, 0) is 43.2 Å². The van der Waals surface area contributed by atoms with Gasteiger partial charge in [-0.2, -0.15) is 10.4 Å². The fourth-order valence-corrected chi connectivity index (χ4v) is 2.67. The molecule has 0 atom stereocenters. The van der Waals surface area contributed by atoms with Gasteiger partial charge < -0.3 is 9.84 Å². The number of nitrogens with zero attached hydrogens (tertiary/aromatic N) is 3. The number of aryl methyl sites for hydroxylation is 1. The molecule has 1 aromatic heterocycles. The van der Waals surface area contributed by atoms with Crippen molar-refractivity contribution in [2.45, 2.75) is 20.0 Å². The molecule has 126 valence electrons. The summed E-state index contributed by atoms with van der Waals surface area (Å²) in [7, 11) is 0. The van der Waals surface area contributed by atoms with Crippen LogP contribution in [0.1, 0.15) is 22.5 Å². The van der Waals surface area contributed by atoms with Crippen LogP contribution in [0.5, 0.6) is 5.75 Å². The van der Waals surface area contributed by atoms with Crippen LogP contribution in [-0.4, -0.2) is 21.5 Å². The minimum absolute atomic E-state index is 0.126. The zero-order valence-electron chi connectivity index (χ0n) is 14.0. The maximum atomic E-state index is 9.47. The summed E-state index contributed by atoms with van der Waals surface area (Å²) in [5.41, 5.74) is 3.90. The summed E-state index contributed by atoms with van der Waals surface area (Å²) in [6, 6.07) is 19.5. The van der Waals surface area contributed by atoms with Crippen LogP contribution in [0.15, 0.2) is 54.6 Å². The zero-order valence-corrected chi connectivity index (χ0v) is 14.0. The van der Waals surface area contributed by atoms with Gasteiger partial charge in [0.15, 0.2) is 0 Å². The summed E-state index contributed by atoms with van der Waals surface area (Å²) in [6.45, 7) is 2.20. The van der Waals surface area contributed by atoms with Crippen LogP contribution >= 0.6 is 0 Å². The normalized spacial score (nSPS) is 10.4. The fraction of sp³-hybridized carbons (Fsp3) is 0.200. The Morgan fingerprint density at radius 1 is 1.12 bits per heavy atom. The number of aliphatic hydroxyl groups is 1. The minimum Gasteiger partial charge on any atom is -0.487 e. The zero-order chi connectivity index (χ0) is 17.6. The van der Waals surface area contributed by atoms with Crippen LogP contribution in [0.3, 0.4) is 0 Å². The maximum absolute atomic E-state index is 9.47. The lowest BCUT2D eigenvalue weighted by Gasteiger charge is -2.10. The van der Waals surface area contributed by atoms with E-state index in [9.17, 15) is 5.26 Å². The van der Waals surface area contributed by atoms with Crippen molar-refractivity contribution in [3.8, 4) is 17.5 Å². The van der Waals surface area contributed by atoms with Gasteiger partial charge >= 0.3 is 0 Å². The molecule has 3 rings (SSSR count). The number of benzene rings is 2. The van der Waals surface area contributed by atoms with Crippen molar-refractivity contribution in [3.05, 3.63) is 77.1 Å². The van der Waals surface area contributed by atoms with E-state index in [1.807, 2.05) is 61.5 Å². The van der Waals surface area contributed by atoms with Crippen molar-refractivity contribution in [1.29, 1.82) is 5.26 Å². The molecule has 5 heteroatoms. The number of rotatable bonds is 6. The average molecular weight is 333 g/mol. The lowest BCUT2D eigenvalue weighted by molar-refractivity contribution is 0.295. The first-order valence-corrected chi connectivity index (χ1v) is 8.09. The molecule has 2 aromatic carbocycles. The Labute approximate surface area is 146 Å². The summed E-state index contributed by atoms with van der Waals surface area (Å²) in [5, 5.41) is 22.9. The molecule has 0 radical (unpaired) electrons. The molecule has 1 heterocycles. The van der Waals surface area contributed by atoms with Crippen LogP contribution in [0, 0.1) is 18.3 Å². The van der Waals surface area contributed by atoms with E-state index in [2.05, 4.69) is 11.2 Å². The van der Waals surface area contributed by atoms with E-state index in [0.29, 0.717) is 23.4 Å². The molecule has 0 amide bonds. The third-order valence-corrected chi connectivity index (χ3v) is 3.97. The van der Waals surface area contributed by atoms with Crippen molar-refractivity contribution in [2.75, 3.05) is 6.61 Å². The molecule has 0 aliphatic heterocycles. The first kappa shape index (κ1) is 16.7. The van der Waals surface area contributed by atoms with Gasteiger partial charge in [0.1, 0.15) is 24.0 Å². The molecular formula is C20H19N3O2. The van der Waals surface area contributed by atoms with E-state index in [-0.39, 0.29) is 13.2 Å². The predicted octanol–water partition coefficient (Wildman–Crippen LogP) is 3.17. The van der Waals surface area contributed by atoms with Crippen LogP contribution in [0.25, 0.3) is 5.69 Å². The van der Waals surface area contributed by atoms with E-state index < -0.39 is 0 Å². The second kappa shape index (κ2) is 7.65. The second-order valence-corrected chi connectivity index (χ2v) is 5.67. The summed E-state index contributed by atoms with van der Waals surface area (Å²) in [6.07, 6.45) is 0.624. The third-order valence-electron chi connectivity index (χ3n) is 3.97. The molecule has 1 N–H and O–H groups in total. The highest BCUT2D eigenvalue weighted by Crippen LogP contribution is 2.21. The lowest BCUT2D eigenvalue weighted by Crippen LogP contribution is -2.07. The van der Waals surface area contributed by atoms with Crippen LogP contribution in [0.4, 0.5) is 0 Å². The quantitative estimate of drug-likeness (QED) is 0.752. The van der Waals surface area contributed by atoms with Gasteiger partial charge in [-0.25, -0.2) is 4.68 Å². The Morgan fingerprint density at radius 3 is 2.48 bits per heavy atom. The molecule has 3 aromatic rings. The Kier molecular flexibility index (Phi) is 5.12. The molecule has 0 saturated carbocycles. The Morgan fingerprint density at radius 2 is 1.84 bits per heavy atom. The van der Waals surface area contributed by atoms with Crippen molar-refractivity contribution in [2.24, 2.45) is 0 Å². The number of ether oxygens (including phenoxy) is 1. The fourth-order valence-electron chi connectivity index (χ4n) is 2.67. The highest BCUT2D eigenvalue weighted by atomic mass is 16.5. The first-order valence-electron chi connectivity index (χ1n) is 8.09. The Bertz CT molecular complexity index is 878. The highest BCUT2D eigenvalue weighted by molar-refractivity contribution is 5.43. The van der Waals surface area contributed by atoms with E-state index in [4.69, 9.17) is 9.84 Å². The van der Waals surface area contributed by atoms with Crippen molar-refractivity contribution < 1.29 is 9.84 Å². The molecular weight excluding hydrogens is 314 g/mol. The molecule has 5 nitrogen and oxygen atoms in total. The van der Waals surface area contributed by atoms with Crippen LogP contribution < -0.4 is 4.74 Å². The van der Waals surface area contributed by atoms with Gasteiger partial charge in [0.2, 0.25) is 0 Å². The molecule has 0 spiro atoms. The summed E-state index contributed by atoms with van der Waals surface area (Å²) < 4.78 is 7.63. The molecule has 25 heavy (non-hydrogen) atoms. The molecule has 0 saturated heterocycles. The Hall–Kier alpha value is -3.10. The lowest BCUT2D eigenvalue weighted by atomic mass is 10.1. The van der Waals surface area contributed by atoms with Gasteiger partial charge in [-0.3, -0.25) is 0 Å². The predicted molar refractivity (Wildman–Crippen MR) is 94.6 cm³/mol. The molecule has 0 aliphatic carbocycles. The highest BCUT2D eigenvalue weighted by Gasteiger charge is 2.16. The maximum Gasteiger partial charge on any atom is 0.132 e. The van der Waals surface area contributed by atoms with E-state index in [1.165, 1.54) is 0 Å². The number of aliphatic hydroxyl groups excluding tert-OH is 1. The monoisotopic (exact) mass is 333 g/mol. The van der Waals surface area contributed by atoms with Crippen molar-refractivity contribution in [3.63, 3.8) is 0 Å². The van der Waals surface area contributed by atoms with Gasteiger partial charge in [0.05, 0.1) is 17.1 Å². The molecule has 0 unspecified atom stereocenters. The van der Waals surface area contributed by atoms with Crippen molar-refractivity contribution in [1.82, 2.24) is 9.78 Å². The van der Waals surface area contributed by atoms with E-state index in [1.54, 1.807) is 4.68 Å². The van der Waals surface area contributed by atoms with Gasteiger partial charge in [0.25, 0.3) is 0 Å². The molecule has 0 bridgehead atoms. The standard InChI is InChI=1S/C20H19N3O2/c1-15-19(13-21)20(23(22-15)17-5-3-2-4-6-17)14-25-18-9-7-16(8-10-18)11-12-24/h2-10,24H,11-12,14H2,1H3. The average Bonchev–Trinajstić information content (AvgIpc) is 2.97. The van der Waals surface area contributed by atoms with Gasteiger partial charge in [-0.15, -0.1) is 0 Å². The topological polar surface area (TPSA) is 71.1 Å². The molecule has 0 fully saturated rings. The van der Waals surface area contributed by atoms with E-state index >= 15 is 0 Å². The largest absolute Gasteiger partial charge is 0.487 e. The van der Waals surface area contributed by atoms with Gasteiger partial charge in [0, 0.05) is 6.61 Å². The smallest absolute Gasteiger partial charge is 0.132 e. The number of nitriles is 1. The number of para-hydroxylation sites is 1. The Balaban J connectivity index is 1.85. The van der Waals surface area contributed by atoms with Crippen LogP contribution in [-0.2, 0) is 13.0 Å². The summed E-state index contributed by atoms with van der Waals surface area (Å²) >= 11 is 0.